The Kier molecular flexibility index (Phi) is 6.62. The van der Waals surface area contributed by atoms with Crippen LogP contribution in [0.1, 0.15) is 15.9 Å². The number of hydrogen-bond acceptors (Lipinski definition) is 8. The zero-order chi connectivity index (χ0) is 22.5. The van der Waals surface area contributed by atoms with Gasteiger partial charge in [-0.1, -0.05) is 42.1 Å². The molecule has 158 valence electrons. The molecule has 3 rings (SSSR count). The van der Waals surface area contributed by atoms with Crippen LogP contribution < -0.4 is 10.2 Å². The van der Waals surface area contributed by atoms with Crippen LogP contribution in [0.25, 0.3) is 6.08 Å². The van der Waals surface area contributed by atoms with Gasteiger partial charge >= 0.3 is 5.97 Å². The predicted molar refractivity (Wildman–Crippen MR) is 115 cm³/mol. The Bertz CT molecular complexity index is 1130. The highest BCUT2D eigenvalue weighted by Gasteiger charge is 2.35. The standard InChI is InChI=1S/C19H13N3O7S2/c23-16(24)10-29-14-8-4-1-5-11(14)9-15-18(26)21(19(30)31-15)20-17(25)12-6-2-3-7-13(12)22(27)28/h1-9H,10H2,(H,20,25)(H,23,24)/b15-9+. The molecule has 0 atom stereocenters. The Hall–Kier alpha value is -3.77. The smallest absolute Gasteiger partial charge is 0.341 e. The van der Waals surface area contributed by atoms with Crippen LogP contribution in [0, 0.1) is 10.1 Å². The molecule has 0 radical (unpaired) electrons. The fourth-order valence-electron chi connectivity index (χ4n) is 2.56. The Labute approximate surface area is 184 Å². The molecular weight excluding hydrogens is 446 g/mol. The summed E-state index contributed by atoms with van der Waals surface area (Å²) in [6.45, 7) is -0.558. The number of nitrogens with one attached hydrogen (secondary N) is 1. The van der Waals surface area contributed by atoms with Crippen LogP contribution in [-0.4, -0.2) is 43.7 Å². The maximum atomic E-state index is 12.7. The van der Waals surface area contributed by atoms with Gasteiger partial charge in [-0.15, -0.1) is 0 Å². The first kappa shape index (κ1) is 21.9. The number of thiocarbonyl (C=S) groups is 1. The summed E-state index contributed by atoms with van der Waals surface area (Å²) >= 11 is 6.06. The first-order valence-electron chi connectivity index (χ1n) is 8.54. The van der Waals surface area contributed by atoms with Crippen molar-refractivity contribution in [2.24, 2.45) is 0 Å². The van der Waals surface area contributed by atoms with Gasteiger partial charge in [0.25, 0.3) is 17.5 Å². The van der Waals surface area contributed by atoms with Crippen molar-refractivity contribution >= 4 is 57.8 Å². The Morgan fingerprint density at radius 1 is 1.23 bits per heavy atom. The third-order valence-electron chi connectivity index (χ3n) is 3.91. The number of aliphatic carboxylic acids is 1. The summed E-state index contributed by atoms with van der Waals surface area (Å²) in [5.74, 6) is -2.41. The highest BCUT2D eigenvalue weighted by atomic mass is 32.2. The van der Waals surface area contributed by atoms with Crippen molar-refractivity contribution in [2.75, 3.05) is 6.61 Å². The van der Waals surface area contributed by atoms with E-state index in [-0.39, 0.29) is 20.5 Å². The van der Waals surface area contributed by atoms with Crippen LogP contribution in [0.5, 0.6) is 5.75 Å². The second-order valence-corrected chi connectivity index (χ2v) is 7.63. The Morgan fingerprint density at radius 3 is 2.61 bits per heavy atom. The molecule has 12 heteroatoms. The van der Waals surface area contributed by atoms with Crippen LogP contribution in [0.15, 0.2) is 53.4 Å². The van der Waals surface area contributed by atoms with Crippen molar-refractivity contribution in [3.05, 3.63) is 74.7 Å². The fourth-order valence-corrected chi connectivity index (χ4v) is 3.73. The Morgan fingerprint density at radius 2 is 1.90 bits per heavy atom. The molecule has 31 heavy (non-hydrogen) atoms. The van der Waals surface area contributed by atoms with Crippen molar-refractivity contribution in [2.45, 2.75) is 0 Å². The van der Waals surface area contributed by atoms with Gasteiger partial charge in [0.05, 0.1) is 9.83 Å². The van der Waals surface area contributed by atoms with E-state index in [1.165, 1.54) is 30.3 Å². The van der Waals surface area contributed by atoms with Crippen molar-refractivity contribution in [3.8, 4) is 5.75 Å². The SMILES string of the molecule is O=C(O)COc1ccccc1/C=C1/SC(=S)N(NC(=O)c2ccccc2[N+](=O)[O-])C1=O. The number of hydrazine groups is 1. The maximum absolute atomic E-state index is 12.7. The van der Waals surface area contributed by atoms with E-state index in [4.69, 9.17) is 22.1 Å². The van der Waals surface area contributed by atoms with E-state index in [0.29, 0.717) is 5.56 Å². The van der Waals surface area contributed by atoms with Crippen LogP contribution in [0.4, 0.5) is 5.69 Å². The van der Waals surface area contributed by atoms with Crippen LogP contribution >= 0.6 is 24.0 Å². The third-order valence-corrected chi connectivity index (χ3v) is 5.21. The number of carbonyl (C=O) groups excluding carboxylic acids is 2. The number of nitro groups is 1. The summed E-state index contributed by atoms with van der Waals surface area (Å²) in [4.78, 5) is 46.6. The molecule has 0 aliphatic carbocycles. The topological polar surface area (TPSA) is 139 Å². The van der Waals surface area contributed by atoms with Gasteiger partial charge in [0.15, 0.2) is 10.9 Å². The van der Waals surface area contributed by atoms with Gasteiger partial charge in [0, 0.05) is 11.6 Å². The zero-order valence-corrected chi connectivity index (χ0v) is 17.1. The largest absolute Gasteiger partial charge is 0.481 e. The molecule has 0 spiro atoms. The average Bonchev–Trinajstić information content (AvgIpc) is 3.00. The summed E-state index contributed by atoms with van der Waals surface area (Å²) in [5, 5.41) is 20.7. The highest BCUT2D eigenvalue weighted by molar-refractivity contribution is 8.26. The summed E-state index contributed by atoms with van der Waals surface area (Å²) in [6, 6.07) is 11.8. The zero-order valence-electron chi connectivity index (χ0n) is 15.5. The van der Waals surface area contributed by atoms with Crippen molar-refractivity contribution in [3.63, 3.8) is 0 Å². The van der Waals surface area contributed by atoms with E-state index in [1.807, 2.05) is 0 Å². The van der Waals surface area contributed by atoms with Crippen molar-refractivity contribution in [1.82, 2.24) is 10.4 Å². The molecule has 1 saturated heterocycles. The summed E-state index contributed by atoms with van der Waals surface area (Å²) in [7, 11) is 0. The lowest BCUT2D eigenvalue weighted by atomic mass is 10.1. The number of carboxylic acid groups (broad SMARTS) is 1. The number of nitrogens with zero attached hydrogens (tertiary/aromatic N) is 2. The number of para-hydroxylation sites is 2. The number of benzene rings is 2. The molecule has 1 aliphatic heterocycles. The lowest BCUT2D eigenvalue weighted by Crippen LogP contribution is -2.45. The first-order valence-corrected chi connectivity index (χ1v) is 9.76. The number of thioether (sulfide) groups is 1. The molecule has 0 unspecified atom stereocenters. The van der Waals surface area contributed by atoms with Gasteiger partial charge in [-0.2, -0.15) is 5.01 Å². The lowest BCUT2D eigenvalue weighted by Gasteiger charge is -2.15. The van der Waals surface area contributed by atoms with E-state index in [1.54, 1.807) is 24.3 Å². The van der Waals surface area contributed by atoms with Crippen molar-refractivity contribution in [1.29, 1.82) is 0 Å². The number of carboxylic acids is 1. The molecule has 1 heterocycles. The van der Waals surface area contributed by atoms with Gasteiger partial charge in [-0.3, -0.25) is 25.1 Å². The normalized spacial score (nSPS) is 14.6. The fraction of sp³-hybridized carbons (Fsp3) is 0.0526. The summed E-state index contributed by atoms with van der Waals surface area (Å²) in [5.41, 5.74) is 2.09. The van der Waals surface area contributed by atoms with E-state index >= 15 is 0 Å². The molecule has 1 fully saturated rings. The number of carbonyl (C=O) groups is 3. The van der Waals surface area contributed by atoms with Gasteiger partial charge in [-0.25, -0.2) is 4.79 Å². The second-order valence-electron chi connectivity index (χ2n) is 5.95. The van der Waals surface area contributed by atoms with Crippen LogP contribution in [0.2, 0.25) is 0 Å². The number of ether oxygens (including phenoxy) is 1. The first-order chi connectivity index (χ1) is 14.8. The molecule has 2 aromatic carbocycles. The number of rotatable bonds is 7. The monoisotopic (exact) mass is 459 g/mol. The number of amides is 2. The summed E-state index contributed by atoms with van der Waals surface area (Å²) in [6.07, 6.45) is 1.45. The lowest BCUT2D eigenvalue weighted by molar-refractivity contribution is -0.385. The second kappa shape index (κ2) is 9.36. The predicted octanol–water partition coefficient (Wildman–Crippen LogP) is 2.60. The molecule has 1 aliphatic rings. The van der Waals surface area contributed by atoms with E-state index in [2.05, 4.69) is 5.43 Å². The molecule has 2 aromatic rings. The van der Waals surface area contributed by atoms with Crippen LogP contribution in [0.3, 0.4) is 0 Å². The summed E-state index contributed by atoms with van der Waals surface area (Å²) < 4.78 is 5.23. The third kappa shape index (κ3) is 5.05. The molecule has 10 nitrogen and oxygen atoms in total. The number of hydrogen-bond donors (Lipinski definition) is 2. The minimum Gasteiger partial charge on any atom is -0.481 e. The molecular formula is C19H13N3O7S2. The highest BCUT2D eigenvalue weighted by Crippen LogP contribution is 2.33. The van der Waals surface area contributed by atoms with E-state index < -0.39 is 35.0 Å². The molecule has 0 aromatic heterocycles. The average molecular weight is 459 g/mol. The Balaban J connectivity index is 1.82. The van der Waals surface area contributed by atoms with E-state index in [0.717, 1.165) is 16.8 Å². The maximum Gasteiger partial charge on any atom is 0.341 e. The minimum absolute atomic E-state index is 0.0205. The van der Waals surface area contributed by atoms with Gasteiger partial charge in [0.1, 0.15) is 11.3 Å². The number of nitro benzene ring substituents is 1. The van der Waals surface area contributed by atoms with E-state index in [9.17, 15) is 24.5 Å². The van der Waals surface area contributed by atoms with Crippen molar-refractivity contribution < 1.29 is 29.2 Å². The molecule has 2 N–H and O–H groups in total. The molecule has 0 saturated carbocycles. The van der Waals surface area contributed by atoms with Gasteiger partial charge < -0.3 is 9.84 Å². The minimum atomic E-state index is -1.15. The molecule has 2 amide bonds. The van der Waals surface area contributed by atoms with Crippen LogP contribution in [-0.2, 0) is 9.59 Å². The van der Waals surface area contributed by atoms with Gasteiger partial charge in [0.2, 0.25) is 0 Å². The quantitative estimate of drug-likeness (QED) is 0.277. The van der Waals surface area contributed by atoms with Gasteiger partial charge in [-0.05, 0) is 30.4 Å². The molecule has 0 bridgehead atoms.